The fraction of sp³-hybridized carbons (Fsp3) is 0.769. The van der Waals surface area contributed by atoms with Crippen LogP contribution in [0, 0.1) is 0 Å². The summed E-state index contributed by atoms with van der Waals surface area (Å²) in [5.41, 5.74) is 0.982. The highest BCUT2D eigenvalue weighted by Gasteiger charge is 1.95. The molecule has 0 atom stereocenters. The molecule has 0 saturated heterocycles. The zero-order valence-corrected chi connectivity index (χ0v) is 10.1. The summed E-state index contributed by atoms with van der Waals surface area (Å²) in [5.74, 6) is -0.824. The molecule has 0 bridgehead atoms. The van der Waals surface area contributed by atoms with Gasteiger partial charge in [-0.05, 0) is 19.8 Å². The first-order chi connectivity index (χ1) is 7.16. The molecule has 0 aromatic rings. The molecule has 0 heterocycles. The van der Waals surface area contributed by atoms with E-state index >= 15 is 0 Å². The summed E-state index contributed by atoms with van der Waals surface area (Å²) in [4.78, 5) is 10.3. The highest BCUT2D eigenvalue weighted by Crippen LogP contribution is 2.11. The molecule has 0 unspecified atom stereocenters. The van der Waals surface area contributed by atoms with E-state index in [4.69, 9.17) is 5.11 Å². The van der Waals surface area contributed by atoms with E-state index in [9.17, 15) is 4.79 Å². The second kappa shape index (κ2) is 9.75. The van der Waals surface area contributed by atoms with E-state index < -0.39 is 5.97 Å². The molecule has 0 aliphatic heterocycles. The predicted octanol–water partition coefficient (Wildman–Crippen LogP) is 4.16. The number of hydrogen-bond donors (Lipinski definition) is 1. The number of unbranched alkanes of at least 4 members (excludes halogenated alkanes) is 6. The molecular weight excluding hydrogens is 188 g/mol. The molecule has 0 aliphatic carbocycles. The maximum atomic E-state index is 10.3. The van der Waals surface area contributed by atoms with Crippen LogP contribution in [-0.2, 0) is 4.79 Å². The fourth-order valence-electron chi connectivity index (χ4n) is 1.64. The summed E-state index contributed by atoms with van der Waals surface area (Å²) in [6.45, 7) is 4.12. The van der Waals surface area contributed by atoms with E-state index in [-0.39, 0.29) is 0 Å². The summed E-state index contributed by atoms with van der Waals surface area (Å²) < 4.78 is 0. The van der Waals surface area contributed by atoms with Crippen molar-refractivity contribution in [2.45, 2.75) is 65.2 Å². The number of carboxylic acids is 1. The van der Waals surface area contributed by atoms with Crippen LogP contribution in [-0.4, -0.2) is 11.1 Å². The summed E-state index contributed by atoms with van der Waals surface area (Å²) >= 11 is 0. The third kappa shape index (κ3) is 11.1. The second-order valence-corrected chi connectivity index (χ2v) is 4.20. The summed E-state index contributed by atoms with van der Waals surface area (Å²) in [6.07, 6.45) is 11.2. The molecular formula is C13H24O2. The number of carbonyl (C=O) groups is 1. The smallest absolute Gasteiger partial charge is 0.328 e. The van der Waals surface area contributed by atoms with Crippen molar-refractivity contribution in [2.75, 3.05) is 0 Å². The average Bonchev–Trinajstić information content (AvgIpc) is 2.15. The van der Waals surface area contributed by atoms with E-state index in [1.165, 1.54) is 44.6 Å². The summed E-state index contributed by atoms with van der Waals surface area (Å²) in [6, 6.07) is 0. The number of hydrogen-bond acceptors (Lipinski definition) is 1. The molecule has 0 rings (SSSR count). The SMILES string of the molecule is CCCCCCCCC/C(C)=C\C(=O)O. The molecule has 0 fully saturated rings. The van der Waals surface area contributed by atoms with Gasteiger partial charge in [-0.2, -0.15) is 0 Å². The van der Waals surface area contributed by atoms with Crippen LogP contribution in [0.15, 0.2) is 11.6 Å². The normalized spacial score (nSPS) is 11.7. The summed E-state index contributed by atoms with van der Waals surface area (Å²) in [7, 11) is 0. The van der Waals surface area contributed by atoms with Crippen LogP contribution in [0.3, 0.4) is 0 Å². The maximum Gasteiger partial charge on any atom is 0.328 e. The Kier molecular flexibility index (Phi) is 9.24. The molecule has 0 amide bonds. The Morgan fingerprint density at radius 1 is 1.07 bits per heavy atom. The predicted molar refractivity (Wildman–Crippen MR) is 64.0 cm³/mol. The Bertz CT molecular complexity index is 195. The van der Waals surface area contributed by atoms with E-state index in [1.54, 1.807) is 0 Å². The average molecular weight is 212 g/mol. The molecule has 1 N–H and O–H groups in total. The third-order valence-corrected chi connectivity index (χ3v) is 2.54. The van der Waals surface area contributed by atoms with Crippen LogP contribution < -0.4 is 0 Å². The van der Waals surface area contributed by atoms with Gasteiger partial charge in [-0.25, -0.2) is 4.79 Å². The fourth-order valence-corrected chi connectivity index (χ4v) is 1.64. The zero-order valence-electron chi connectivity index (χ0n) is 10.1. The van der Waals surface area contributed by atoms with Crippen LogP contribution in [0.25, 0.3) is 0 Å². The lowest BCUT2D eigenvalue weighted by Gasteiger charge is -2.01. The Morgan fingerprint density at radius 3 is 2.13 bits per heavy atom. The Hall–Kier alpha value is -0.790. The van der Waals surface area contributed by atoms with Gasteiger partial charge >= 0.3 is 5.97 Å². The van der Waals surface area contributed by atoms with Crippen molar-refractivity contribution >= 4 is 5.97 Å². The first-order valence-corrected chi connectivity index (χ1v) is 6.07. The minimum absolute atomic E-state index is 0.824. The van der Waals surface area contributed by atoms with Crippen LogP contribution in [0.5, 0.6) is 0 Å². The van der Waals surface area contributed by atoms with E-state index in [1.807, 2.05) is 6.92 Å². The van der Waals surface area contributed by atoms with Crippen molar-refractivity contribution in [1.29, 1.82) is 0 Å². The monoisotopic (exact) mass is 212 g/mol. The maximum absolute atomic E-state index is 10.3. The van der Waals surface area contributed by atoms with E-state index in [0.717, 1.165) is 18.4 Å². The lowest BCUT2D eigenvalue weighted by atomic mass is 10.1. The van der Waals surface area contributed by atoms with Crippen LogP contribution in [0.4, 0.5) is 0 Å². The van der Waals surface area contributed by atoms with E-state index in [0.29, 0.717) is 0 Å². The molecule has 88 valence electrons. The minimum atomic E-state index is -0.824. The largest absolute Gasteiger partial charge is 0.478 e. The van der Waals surface area contributed by atoms with Gasteiger partial charge in [-0.3, -0.25) is 0 Å². The molecule has 0 aromatic carbocycles. The van der Waals surface area contributed by atoms with Gasteiger partial charge in [0.2, 0.25) is 0 Å². The second-order valence-electron chi connectivity index (χ2n) is 4.20. The lowest BCUT2D eigenvalue weighted by molar-refractivity contribution is -0.131. The zero-order chi connectivity index (χ0) is 11.5. The van der Waals surface area contributed by atoms with Gasteiger partial charge in [0.25, 0.3) is 0 Å². The molecule has 0 saturated carbocycles. The van der Waals surface area contributed by atoms with Gasteiger partial charge in [-0.15, -0.1) is 0 Å². The van der Waals surface area contributed by atoms with Gasteiger partial charge < -0.3 is 5.11 Å². The molecule has 2 heteroatoms. The number of aliphatic carboxylic acids is 1. The van der Waals surface area contributed by atoms with E-state index in [2.05, 4.69) is 6.92 Å². The number of allylic oxidation sites excluding steroid dienone is 1. The highest BCUT2D eigenvalue weighted by molar-refractivity contribution is 5.80. The third-order valence-electron chi connectivity index (χ3n) is 2.54. The highest BCUT2D eigenvalue weighted by atomic mass is 16.4. The minimum Gasteiger partial charge on any atom is -0.478 e. The molecule has 0 aromatic heterocycles. The van der Waals surface area contributed by atoms with Crippen LogP contribution in [0.2, 0.25) is 0 Å². The number of rotatable bonds is 9. The Balaban J connectivity index is 3.27. The van der Waals surface area contributed by atoms with Gasteiger partial charge in [0.15, 0.2) is 0 Å². The van der Waals surface area contributed by atoms with Crippen molar-refractivity contribution < 1.29 is 9.90 Å². The molecule has 2 nitrogen and oxygen atoms in total. The van der Waals surface area contributed by atoms with Crippen molar-refractivity contribution in [3.8, 4) is 0 Å². The van der Waals surface area contributed by atoms with Gasteiger partial charge in [-0.1, -0.05) is 51.0 Å². The van der Waals surface area contributed by atoms with Crippen molar-refractivity contribution in [3.05, 3.63) is 11.6 Å². The van der Waals surface area contributed by atoms with Crippen molar-refractivity contribution in [2.24, 2.45) is 0 Å². The van der Waals surface area contributed by atoms with Gasteiger partial charge in [0.1, 0.15) is 0 Å². The summed E-state index contributed by atoms with van der Waals surface area (Å²) in [5, 5.41) is 8.51. The standard InChI is InChI=1S/C13H24O2/c1-3-4-5-6-7-8-9-10-12(2)11-13(14)15/h11H,3-10H2,1-2H3,(H,14,15)/b12-11-. The number of carboxylic acid groups (broad SMARTS) is 1. The quantitative estimate of drug-likeness (QED) is 0.460. The first kappa shape index (κ1) is 14.2. The molecule has 0 aliphatic rings. The lowest BCUT2D eigenvalue weighted by Crippen LogP contribution is -1.90. The molecule has 0 spiro atoms. The first-order valence-electron chi connectivity index (χ1n) is 6.07. The van der Waals surface area contributed by atoms with Crippen LogP contribution >= 0.6 is 0 Å². The van der Waals surface area contributed by atoms with Crippen molar-refractivity contribution in [3.63, 3.8) is 0 Å². The van der Waals surface area contributed by atoms with Crippen LogP contribution in [0.1, 0.15) is 65.2 Å². The van der Waals surface area contributed by atoms with Crippen molar-refractivity contribution in [1.82, 2.24) is 0 Å². The topological polar surface area (TPSA) is 37.3 Å². The van der Waals surface area contributed by atoms with Gasteiger partial charge in [0, 0.05) is 6.08 Å². The molecule has 0 radical (unpaired) electrons. The Morgan fingerprint density at radius 2 is 1.60 bits per heavy atom. The van der Waals surface area contributed by atoms with Gasteiger partial charge in [0.05, 0.1) is 0 Å². The molecule has 15 heavy (non-hydrogen) atoms. The Labute approximate surface area is 93.4 Å².